The summed E-state index contributed by atoms with van der Waals surface area (Å²) in [6.45, 7) is 4.26. The first kappa shape index (κ1) is 19.0. The number of para-hydroxylation sites is 1. The van der Waals surface area contributed by atoms with Crippen LogP contribution in [0, 0.1) is 0 Å². The van der Waals surface area contributed by atoms with Gasteiger partial charge in [0.25, 0.3) is 0 Å². The van der Waals surface area contributed by atoms with Gasteiger partial charge in [0.15, 0.2) is 0 Å². The minimum atomic E-state index is 0.196. The Morgan fingerprint density at radius 2 is 1.97 bits per heavy atom. The zero-order valence-corrected chi connectivity index (χ0v) is 16.5. The Hall–Kier alpha value is -4.33. The number of rotatable bonds is 3. The molecule has 0 atom stereocenters. The van der Waals surface area contributed by atoms with Gasteiger partial charge >= 0.3 is 0 Å². The predicted molar refractivity (Wildman–Crippen MR) is 123 cm³/mol. The number of aromatic nitrogens is 1. The van der Waals surface area contributed by atoms with E-state index < -0.39 is 0 Å². The van der Waals surface area contributed by atoms with Crippen molar-refractivity contribution >= 4 is 40.4 Å². The van der Waals surface area contributed by atoms with Crippen molar-refractivity contribution in [2.75, 3.05) is 17.3 Å². The third-order valence-electron chi connectivity index (χ3n) is 4.51. The standard InChI is InChI=1S/C22H22N8/c1-15-19-10-3-4-11-20(19)27-22(30(15)18-9-6-12-25-14-18)29-28-21(23)26-17-8-5-7-16(13-17)24-2/h3-14,24H,1H2,2H3,(H,27,29)(H3,23,26,28). The van der Waals surface area contributed by atoms with E-state index in [9.17, 15) is 0 Å². The highest BCUT2D eigenvalue weighted by atomic mass is 15.5. The third-order valence-corrected chi connectivity index (χ3v) is 4.51. The van der Waals surface area contributed by atoms with Crippen molar-refractivity contribution in [1.82, 2.24) is 15.8 Å². The van der Waals surface area contributed by atoms with Crippen molar-refractivity contribution in [1.29, 1.82) is 0 Å². The Labute approximate surface area is 174 Å². The van der Waals surface area contributed by atoms with Crippen molar-refractivity contribution in [3.8, 4) is 0 Å². The van der Waals surface area contributed by atoms with Crippen molar-refractivity contribution < 1.29 is 0 Å². The molecule has 150 valence electrons. The highest BCUT2D eigenvalue weighted by molar-refractivity contribution is 6.12. The van der Waals surface area contributed by atoms with Crippen LogP contribution in [0.4, 0.5) is 22.7 Å². The van der Waals surface area contributed by atoms with Gasteiger partial charge in [-0.1, -0.05) is 30.8 Å². The lowest BCUT2D eigenvalue weighted by Crippen LogP contribution is -2.52. The molecule has 0 radical (unpaired) electrons. The molecule has 5 N–H and O–H groups in total. The Balaban J connectivity index is 1.61. The Bertz CT molecular complexity index is 1120. The Morgan fingerprint density at radius 3 is 2.77 bits per heavy atom. The largest absolute Gasteiger partial charge is 0.388 e. The molecule has 1 aromatic heterocycles. The summed E-state index contributed by atoms with van der Waals surface area (Å²) in [4.78, 5) is 15.2. The molecule has 0 amide bonds. The molecular formula is C22H22N8. The molecule has 2 aromatic carbocycles. The summed E-state index contributed by atoms with van der Waals surface area (Å²) >= 11 is 0. The first-order valence-corrected chi connectivity index (χ1v) is 9.37. The number of hydrogen-bond acceptors (Lipinski definition) is 6. The van der Waals surface area contributed by atoms with E-state index in [-0.39, 0.29) is 5.96 Å². The molecule has 2 heterocycles. The van der Waals surface area contributed by atoms with E-state index in [1.54, 1.807) is 12.4 Å². The molecule has 0 saturated heterocycles. The Morgan fingerprint density at radius 1 is 1.10 bits per heavy atom. The van der Waals surface area contributed by atoms with Crippen molar-refractivity contribution in [2.45, 2.75) is 0 Å². The molecule has 8 heteroatoms. The third kappa shape index (κ3) is 3.93. The number of fused-ring (bicyclic) bond motifs is 1. The van der Waals surface area contributed by atoms with Crippen molar-refractivity contribution in [3.63, 3.8) is 0 Å². The summed E-state index contributed by atoms with van der Waals surface area (Å²) in [6, 6.07) is 19.2. The molecule has 8 nitrogen and oxygen atoms in total. The van der Waals surface area contributed by atoms with Crippen molar-refractivity contribution in [3.05, 3.63) is 85.2 Å². The number of hydrogen-bond donors (Lipinski definition) is 4. The number of nitrogens with one attached hydrogen (secondary N) is 3. The zero-order chi connectivity index (χ0) is 20.9. The molecule has 0 saturated carbocycles. The number of nitrogens with zero attached hydrogens (tertiary/aromatic N) is 4. The molecule has 1 aliphatic heterocycles. The van der Waals surface area contributed by atoms with Gasteiger partial charge in [0.2, 0.25) is 11.9 Å². The number of benzene rings is 2. The lowest BCUT2D eigenvalue weighted by molar-refractivity contribution is 0.838. The van der Waals surface area contributed by atoms with Gasteiger partial charge in [0, 0.05) is 24.5 Å². The molecular weight excluding hydrogens is 376 g/mol. The van der Waals surface area contributed by atoms with Crippen LogP contribution >= 0.6 is 0 Å². The molecule has 0 unspecified atom stereocenters. The van der Waals surface area contributed by atoms with E-state index in [0.29, 0.717) is 5.96 Å². The van der Waals surface area contributed by atoms with Gasteiger partial charge < -0.3 is 11.1 Å². The molecule has 0 fully saturated rings. The fourth-order valence-corrected chi connectivity index (χ4v) is 3.09. The number of nitrogens with two attached hydrogens (primary N) is 1. The van der Waals surface area contributed by atoms with E-state index in [0.717, 1.165) is 34.0 Å². The molecule has 4 rings (SSSR count). The monoisotopic (exact) mass is 398 g/mol. The molecule has 0 aliphatic carbocycles. The van der Waals surface area contributed by atoms with Gasteiger partial charge in [0.1, 0.15) is 0 Å². The van der Waals surface area contributed by atoms with Crippen LogP contribution in [0.1, 0.15) is 5.56 Å². The molecule has 0 bridgehead atoms. The second-order valence-electron chi connectivity index (χ2n) is 6.49. The molecule has 0 spiro atoms. The van der Waals surface area contributed by atoms with Crippen LogP contribution in [0.2, 0.25) is 0 Å². The molecule has 3 aromatic rings. The summed E-state index contributed by atoms with van der Waals surface area (Å²) < 4.78 is 0. The fourth-order valence-electron chi connectivity index (χ4n) is 3.09. The quantitative estimate of drug-likeness (QED) is 0.307. The summed E-state index contributed by atoms with van der Waals surface area (Å²) in [6.07, 6.45) is 3.47. The van der Waals surface area contributed by atoms with Crippen LogP contribution in [0.5, 0.6) is 0 Å². The minimum Gasteiger partial charge on any atom is -0.388 e. The Kier molecular flexibility index (Phi) is 5.29. The van der Waals surface area contributed by atoms with Crippen LogP contribution < -0.4 is 26.8 Å². The number of aliphatic imine (C=N–C) groups is 2. The maximum Gasteiger partial charge on any atom is 0.227 e. The van der Waals surface area contributed by atoms with Gasteiger partial charge in [0.05, 0.1) is 29.0 Å². The smallest absolute Gasteiger partial charge is 0.227 e. The van der Waals surface area contributed by atoms with E-state index >= 15 is 0 Å². The summed E-state index contributed by atoms with van der Waals surface area (Å²) in [7, 11) is 1.85. The van der Waals surface area contributed by atoms with Crippen LogP contribution in [-0.2, 0) is 0 Å². The maximum atomic E-state index is 6.08. The number of guanidine groups is 2. The van der Waals surface area contributed by atoms with Gasteiger partial charge in [-0.15, -0.1) is 0 Å². The van der Waals surface area contributed by atoms with Crippen LogP contribution in [0.25, 0.3) is 5.70 Å². The highest BCUT2D eigenvalue weighted by Crippen LogP contribution is 2.35. The maximum absolute atomic E-state index is 6.08. The van der Waals surface area contributed by atoms with E-state index in [4.69, 9.17) is 10.7 Å². The summed E-state index contributed by atoms with van der Waals surface area (Å²) in [5.41, 5.74) is 17.1. The van der Waals surface area contributed by atoms with Crippen LogP contribution in [-0.4, -0.2) is 24.0 Å². The van der Waals surface area contributed by atoms with Gasteiger partial charge in [-0.2, -0.15) is 0 Å². The van der Waals surface area contributed by atoms with Gasteiger partial charge in [-0.05, 0) is 36.4 Å². The average molecular weight is 398 g/mol. The fraction of sp³-hybridized carbons (Fsp3) is 0.0455. The number of anilines is 2. The van der Waals surface area contributed by atoms with Gasteiger partial charge in [-0.3, -0.25) is 20.7 Å². The topological polar surface area (TPSA) is 103 Å². The van der Waals surface area contributed by atoms with Crippen molar-refractivity contribution in [2.24, 2.45) is 15.7 Å². The van der Waals surface area contributed by atoms with Crippen LogP contribution in [0.15, 0.2) is 89.6 Å². The predicted octanol–water partition coefficient (Wildman–Crippen LogP) is 3.34. The second kappa shape index (κ2) is 8.36. The van der Waals surface area contributed by atoms with E-state index in [1.807, 2.05) is 72.6 Å². The van der Waals surface area contributed by atoms with Crippen LogP contribution in [0.3, 0.4) is 0 Å². The minimum absolute atomic E-state index is 0.196. The molecule has 1 aliphatic rings. The summed E-state index contributed by atoms with van der Waals surface area (Å²) in [5, 5.41) is 3.08. The van der Waals surface area contributed by atoms with E-state index in [1.165, 1.54) is 0 Å². The zero-order valence-electron chi connectivity index (χ0n) is 16.5. The number of hydrazine groups is 1. The summed E-state index contributed by atoms with van der Waals surface area (Å²) in [5.74, 6) is 0.704. The lowest BCUT2D eigenvalue weighted by Gasteiger charge is -2.32. The van der Waals surface area contributed by atoms with Gasteiger partial charge in [-0.25, -0.2) is 9.98 Å². The highest BCUT2D eigenvalue weighted by Gasteiger charge is 2.25. The molecule has 30 heavy (non-hydrogen) atoms. The van der Waals surface area contributed by atoms with E-state index in [2.05, 4.69) is 32.7 Å². The first-order valence-electron chi connectivity index (χ1n) is 9.37. The SMILES string of the molecule is C=C1c2ccccc2N=C(NNC(N)=Nc2cccc(NC)c2)N1c1cccnc1. The lowest BCUT2D eigenvalue weighted by atomic mass is 10.1. The second-order valence-corrected chi connectivity index (χ2v) is 6.49. The first-order chi connectivity index (χ1) is 14.7. The number of pyridine rings is 1. The normalized spacial score (nSPS) is 13.4. The average Bonchev–Trinajstić information content (AvgIpc) is 2.78.